The third-order valence-corrected chi connectivity index (χ3v) is 2.73. The van der Waals surface area contributed by atoms with Crippen molar-refractivity contribution in [1.82, 2.24) is 0 Å². The summed E-state index contributed by atoms with van der Waals surface area (Å²) in [6, 6.07) is 6.12. The molecule has 84 valence electrons. The molecule has 0 atom stereocenters. The lowest BCUT2D eigenvalue weighted by Gasteiger charge is -2.23. The molecule has 1 aromatic carbocycles. The number of aryl methyl sites for hydroxylation is 1. The van der Waals surface area contributed by atoms with Crippen LogP contribution in [-0.4, -0.2) is 13.2 Å². The number of ether oxygens (including phenoxy) is 1. The van der Waals surface area contributed by atoms with Gasteiger partial charge in [-0.15, -0.1) is 0 Å². The van der Waals surface area contributed by atoms with Gasteiger partial charge >= 0.3 is 0 Å². The molecule has 0 aromatic heterocycles. The van der Waals surface area contributed by atoms with E-state index in [1.807, 2.05) is 12.1 Å². The molecule has 0 aliphatic carbocycles. The summed E-state index contributed by atoms with van der Waals surface area (Å²) >= 11 is 0. The van der Waals surface area contributed by atoms with E-state index in [9.17, 15) is 0 Å². The normalized spacial score (nSPS) is 11.5. The molecule has 0 saturated heterocycles. The van der Waals surface area contributed by atoms with Crippen LogP contribution in [0.15, 0.2) is 18.2 Å². The van der Waals surface area contributed by atoms with Gasteiger partial charge in [0.15, 0.2) is 0 Å². The van der Waals surface area contributed by atoms with Gasteiger partial charge < -0.3 is 10.5 Å². The summed E-state index contributed by atoms with van der Waals surface area (Å²) in [7, 11) is 0. The van der Waals surface area contributed by atoms with E-state index in [2.05, 4.69) is 33.8 Å². The van der Waals surface area contributed by atoms with Gasteiger partial charge in [-0.2, -0.15) is 0 Å². The van der Waals surface area contributed by atoms with Crippen LogP contribution in [0, 0.1) is 19.3 Å². The predicted octanol–water partition coefficient (Wildman–Crippen LogP) is 2.67. The first-order chi connectivity index (χ1) is 6.96. The molecule has 0 heterocycles. The number of rotatable bonds is 4. The highest BCUT2D eigenvalue weighted by Crippen LogP contribution is 2.23. The molecule has 0 aliphatic heterocycles. The first kappa shape index (κ1) is 12.1. The van der Waals surface area contributed by atoms with Gasteiger partial charge in [0.05, 0.1) is 6.61 Å². The summed E-state index contributed by atoms with van der Waals surface area (Å²) in [6.45, 7) is 9.69. The quantitative estimate of drug-likeness (QED) is 0.823. The van der Waals surface area contributed by atoms with E-state index in [-0.39, 0.29) is 5.41 Å². The SMILES string of the molecule is Cc1cccc(OCC(C)(C)CN)c1C. The van der Waals surface area contributed by atoms with Crippen molar-refractivity contribution >= 4 is 0 Å². The summed E-state index contributed by atoms with van der Waals surface area (Å²) in [5.74, 6) is 0.969. The molecule has 0 fully saturated rings. The third-order valence-electron chi connectivity index (χ3n) is 2.73. The van der Waals surface area contributed by atoms with Gasteiger partial charge in [-0.05, 0) is 31.0 Å². The van der Waals surface area contributed by atoms with Gasteiger partial charge in [-0.25, -0.2) is 0 Å². The van der Waals surface area contributed by atoms with Crippen molar-refractivity contribution in [1.29, 1.82) is 0 Å². The minimum atomic E-state index is 0.0379. The minimum Gasteiger partial charge on any atom is -0.493 e. The fourth-order valence-corrected chi connectivity index (χ4v) is 1.21. The highest BCUT2D eigenvalue weighted by atomic mass is 16.5. The van der Waals surface area contributed by atoms with Gasteiger partial charge in [0.2, 0.25) is 0 Å². The van der Waals surface area contributed by atoms with E-state index >= 15 is 0 Å². The molecule has 0 aliphatic rings. The molecule has 2 heteroatoms. The van der Waals surface area contributed by atoms with E-state index in [1.54, 1.807) is 0 Å². The molecule has 0 radical (unpaired) electrons. The lowest BCUT2D eigenvalue weighted by molar-refractivity contribution is 0.186. The Morgan fingerprint density at radius 2 is 1.93 bits per heavy atom. The van der Waals surface area contributed by atoms with Crippen LogP contribution in [0.4, 0.5) is 0 Å². The topological polar surface area (TPSA) is 35.2 Å². The maximum absolute atomic E-state index is 5.79. The average molecular weight is 207 g/mol. The summed E-state index contributed by atoms with van der Waals surface area (Å²) in [5.41, 5.74) is 8.17. The standard InChI is InChI=1S/C13H21NO/c1-10-6-5-7-12(11(10)2)15-9-13(3,4)8-14/h5-7H,8-9,14H2,1-4H3. The highest BCUT2D eigenvalue weighted by molar-refractivity contribution is 5.38. The van der Waals surface area contributed by atoms with Gasteiger partial charge in [-0.1, -0.05) is 26.0 Å². The monoisotopic (exact) mass is 207 g/mol. The van der Waals surface area contributed by atoms with E-state index in [0.717, 1.165) is 5.75 Å². The first-order valence-electron chi connectivity index (χ1n) is 5.35. The molecule has 0 spiro atoms. The summed E-state index contributed by atoms with van der Waals surface area (Å²) in [5, 5.41) is 0. The van der Waals surface area contributed by atoms with Crippen LogP contribution in [-0.2, 0) is 0 Å². The molecule has 2 N–H and O–H groups in total. The molecule has 15 heavy (non-hydrogen) atoms. The second-order valence-electron chi connectivity index (χ2n) is 4.86. The lowest BCUT2D eigenvalue weighted by Crippen LogP contribution is -2.30. The Kier molecular flexibility index (Phi) is 3.75. The maximum Gasteiger partial charge on any atom is 0.122 e. The summed E-state index contributed by atoms with van der Waals surface area (Å²) < 4.78 is 5.79. The number of hydrogen-bond acceptors (Lipinski definition) is 2. The number of nitrogens with two attached hydrogens (primary N) is 1. The second-order valence-corrected chi connectivity index (χ2v) is 4.86. The fourth-order valence-electron chi connectivity index (χ4n) is 1.21. The Hall–Kier alpha value is -1.02. The third kappa shape index (κ3) is 3.24. The van der Waals surface area contributed by atoms with Crippen molar-refractivity contribution in [3.05, 3.63) is 29.3 Å². The van der Waals surface area contributed by atoms with Gasteiger partial charge in [0.25, 0.3) is 0 Å². The van der Waals surface area contributed by atoms with E-state index in [0.29, 0.717) is 13.2 Å². The highest BCUT2D eigenvalue weighted by Gasteiger charge is 2.16. The molecule has 0 amide bonds. The van der Waals surface area contributed by atoms with Crippen molar-refractivity contribution in [2.45, 2.75) is 27.7 Å². The van der Waals surface area contributed by atoms with Gasteiger partial charge in [0.1, 0.15) is 5.75 Å². The van der Waals surface area contributed by atoms with Crippen molar-refractivity contribution in [2.24, 2.45) is 11.1 Å². The van der Waals surface area contributed by atoms with Crippen LogP contribution in [0.3, 0.4) is 0 Å². The Balaban J connectivity index is 2.70. The Labute approximate surface area is 92.4 Å². The van der Waals surface area contributed by atoms with Crippen LogP contribution in [0.25, 0.3) is 0 Å². The maximum atomic E-state index is 5.79. The Morgan fingerprint density at radius 1 is 1.27 bits per heavy atom. The van der Waals surface area contributed by atoms with Crippen LogP contribution >= 0.6 is 0 Å². The molecule has 2 nitrogen and oxygen atoms in total. The van der Waals surface area contributed by atoms with Crippen LogP contribution in [0.2, 0.25) is 0 Å². The number of hydrogen-bond donors (Lipinski definition) is 1. The predicted molar refractivity (Wildman–Crippen MR) is 64.2 cm³/mol. The van der Waals surface area contributed by atoms with Gasteiger partial charge in [0, 0.05) is 12.0 Å². The zero-order valence-electron chi connectivity index (χ0n) is 10.1. The van der Waals surface area contributed by atoms with Crippen molar-refractivity contribution < 1.29 is 4.74 Å². The molecule has 0 unspecified atom stereocenters. The molecular weight excluding hydrogens is 186 g/mol. The fraction of sp³-hybridized carbons (Fsp3) is 0.538. The molecular formula is C13H21NO. The first-order valence-corrected chi connectivity index (χ1v) is 5.35. The molecule has 1 aromatic rings. The van der Waals surface area contributed by atoms with Crippen molar-refractivity contribution in [2.75, 3.05) is 13.2 Å². The second kappa shape index (κ2) is 4.67. The zero-order valence-corrected chi connectivity index (χ0v) is 10.1. The summed E-state index contributed by atoms with van der Waals surface area (Å²) in [4.78, 5) is 0. The lowest BCUT2D eigenvalue weighted by atomic mass is 9.95. The molecule has 0 bridgehead atoms. The smallest absolute Gasteiger partial charge is 0.122 e. The van der Waals surface area contributed by atoms with Crippen LogP contribution in [0.5, 0.6) is 5.75 Å². The molecule has 1 rings (SSSR count). The minimum absolute atomic E-state index is 0.0379. The largest absolute Gasteiger partial charge is 0.493 e. The van der Waals surface area contributed by atoms with Crippen molar-refractivity contribution in [3.63, 3.8) is 0 Å². The number of benzene rings is 1. The molecule has 0 saturated carbocycles. The van der Waals surface area contributed by atoms with E-state index < -0.39 is 0 Å². The van der Waals surface area contributed by atoms with Crippen molar-refractivity contribution in [3.8, 4) is 5.75 Å². The van der Waals surface area contributed by atoms with Gasteiger partial charge in [-0.3, -0.25) is 0 Å². The average Bonchev–Trinajstić information content (AvgIpc) is 2.20. The Morgan fingerprint density at radius 3 is 2.53 bits per heavy atom. The van der Waals surface area contributed by atoms with E-state index in [4.69, 9.17) is 10.5 Å². The van der Waals surface area contributed by atoms with Crippen LogP contribution < -0.4 is 10.5 Å². The summed E-state index contributed by atoms with van der Waals surface area (Å²) in [6.07, 6.45) is 0. The van der Waals surface area contributed by atoms with E-state index in [1.165, 1.54) is 11.1 Å². The zero-order chi connectivity index (χ0) is 11.5. The Bertz CT molecular complexity index is 331. The van der Waals surface area contributed by atoms with Crippen LogP contribution in [0.1, 0.15) is 25.0 Å².